The van der Waals surface area contributed by atoms with Crippen LogP contribution in [0.15, 0.2) is 18.2 Å². The lowest BCUT2D eigenvalue weighted by molar-refractivity contribution is -0.119. The van der Waals surface area contributed by atoms with E-state index in [2.05, 4.69) is 16.0 Å². The van der Waals surface area contributed by atoms with Gasteiger partial charge in [-0.25, -0.2) is 4.79 Å². The van der Waals surface area contributed by atoms with Gasteiger partial charge >= 0.3 is 6.03 Å². The summed E-state index contributed by atoms with van der Waals surface area (Å²) in [7, 11) is 3.13. The van der Waals surface area contributed by atoms with Gasteiger partial charge in [0.1, 0.15) is 0 Å². The molecule has 0 aromatic heterocycles. The highest BCUT2D eigenvalue weighted by molar-refractivity contribution is 5.81. The summed E-state index contributed by atoms with van der Waals surface area (Å²) in [6.07, 6.45) is 0.323. The Bertz CT molecular complexity index is 533. The van der Waals surface area contributed by atoms with Crippen LogP contribution in [0.3, 0.4) is 0 Å². The van der Waals surface area contributed by atoms with Crippen LogP contribution in [0.2, 0.25) is 0 Å². The fourth-order valence-electron chi connectivity index (χ4n) is 2.12. The lowest BCUT2D eigenvalue weighted by atomic mass is 10.2. The number of hydrogen-bond donors (Lipinski definition) is 3. The molecule has 1 saturated heterocycles. The summed E-state index contributed by atoms with van der Waals surface area (Å²) in [5, 5.41) is 8.15. The van der Waals surface area contributed by atoms with E-state index in [1.54, 1.807) is 26.4 Å². The maximum absolute atomic E-state index is 11.7. The molecule has 1 unspecified atom stereocenters. The van der Waals surface area contributed by atoms with Gasteiger partial charge in [-0.05, 0) is 17.7 Å². The number of ether oxygens (including phenoxy) is 2. The molecule has 1 fully saturated rings. The lowest BCUT2D eigenvalue weighted by Crippen LogP contribution is -2.42. The van der Waals surface area contributed by atoms with Gasteiger partial charge in [0, 0.05) is 19.5 Å². The van der Waals surface area contributed by atoms with E-state index in [0.717, 1.165) is 5.56 Å². The number of carbonyl (C=O) groups is 2. The Morgan fingerprint density at radius 3 is 2.71 bits per heavy atom. The van der Waals surface area contributed by atoms with Gasteiger partial charge in [0.05, 0.1) is 20.3 Å². The number of carbonyl (C=O) groups excluding carboxylic acids is 2. The zero-order valence-corrected chi connectivity index (χ0v) is 12.1. The van der Waals surface area contributed by atoms with E-state index in [-0.39, 0.29) is 18.0 Å². The molecule has 1 aromatic carbocycles. The summed E-state index contributed by atoms with van der Waals surface area (Å²) < 4.78 is 10.4. The van der Waals surface area contributed by atoms with Gasteiger partial charge in [0.25, 0.3) is 0 Å². The summed E-state index contributed by atoms with van der Waals surface area (Å²) in [5.74, 6) is 1.21. The molecule has 2 rings (SSSR count). The Labute approximate surface area is 123 Å². The summed E-state index contributed by atoms with van der Waals surface area (Å²) in [6, 6.07) is 4.99. The van der Waals surface area contributed by atoms with Gasteiger partial charge in [-0.15, -0.1) is 0 Å². The molecule has 1 heterocycles. The van der Waals surface area contributed by atoms with Crippen molar-refractivity contribution in [1.29, 1.82) is 0 Å². The first kappa shape index (κ1) is 15.0. The van der Waals surface area contributed by atoms with E-state index < -0.39 is 0 Å². The van der Waals surface area contributed by atoms with Crippen LogP contribution in [0.25, 0.3) is 0 Å². The highest BCUT2D eigenvalue weighted by Crippen LogP contribution is 2.27. The SMILES string of the molecule is COc1ccc(CNC(=O)NC2CNC(=O)C2)cc1OC. The molecule has 1 aliphatic rings. The zero-order chi connectivity index (χ0) is 15.2. The van der Waals surface area contributed by atoms with E-state index in [4.69, 9.17) is 9.47 Å². The van der Waals surface area contributed by atoms with Crippen molar-refractivity contribution < 1.29 is 19.1 Å². The lowest BCUT2D eigenvalue weighted by Gasteiger charge is -2.13. The molecule has 0 aliphatic carbocycles. The molecule has 1 aromatic rings. The first-order valence-electron chi connectivity index (χ1n) is 6.64. The Kier molecular flexibility index (Phi) is 4.86. The second-order valence-electron chi connectivity index (χ2n) is 4.72. The molecule has 0 radical (unpaired) electrons. The molecule has 3 amide bonds. The third-order valence-corrected chi connectivity index (χ3v) is 3.21. The quantitative estimate of drug-likeness (QED) is 0.733. The molecule has 1 atom stereocenters. The minimum absolute atomic E-state index is 0.0415. The van der Waals surface area contributed by atoms with Crippen molar-refractivity contribution >= 4 is 11.9 Å². The third-order valence-electron chi connectivity index (χ3n) is 3.21. The zero-order valence-electron chi connectivity index (χ0n) is 12.1. The standard InChI is InChI=1S/C14H19N3O4/c1-20-11-4-3-9(5-12(11)21-2)7-16-14(19)17-10-6-13(18)15-8-10/h3-5,10H,6-8H2,1-2H3,(H,15,18)(H2,16,17,19). The highest BCUT2D eigenvalue weighted by atomic mass is 16.5. The molecule has 7 heteroatoms. The normalized spacial score (nSPS) is 17.0. The van der Waals surface area contributed by atoms with Crippen molar-refractivity contribution in [3.63, 3.8) is 0 Å². The van der Waals surface area contributed by atoms with Crippen LogP contribution < -0.4 is 25.4 Å². The molecular formula is C14H19N3O4. The average Bonchev–Trinajstić information content (AvgIpc) is 2.89. The van der Waals surface area contributed by atoms with Crippen molar-refractivity contribution in [3.05, 3.63) is 23.8 Å². The van der Waals surface area contributed by atoms with Crippen molar-refractivity contribution in [2.24, 2.45) is 0 Å². The number of urea groups is 1. The van der Waals surface area contributed by atoms with Crippen molar-refractivity contribution in [1.82, 2.24) is 16.0 Å². The minimum atomic E-state index is -0.300. The summed E-state index contributed by atoms with van der Waals surface area (Å²) >= 11 is 0. The fourth-order valence-corrected chi connectivity index (χ4v) is 2.12. The summed E-state index contributed by atoms with van der Waals surface area (Å²) in [4.78, 5) is 22.8. The number of amides is 3. The summed E-state index contributed by atoms with van der Waals surface area (Å²) in [6.45, 7) is 0.836. The smallest absolute Gasteiger partial charge is 0.315 e. The van der Waals surface area contributed by atoms with Crippen molar-refractivity contribution in [2.45, 2.75) is 19.0 Å². The third kappa shape index (κ3) is 4.01. The molecule has 0 spiro atoms. The second-order valence-corrected chi connectivity index (χ2v) is 4.72. The van der Waals surface area contributed by atoms with E-state index in [9.17, 15) is 9.59 Å². The average molecular weight is 293 g/mol. The topological polar surface area (TPSA) is 88.7 Å². The van der Waals surface area contributed by atoms with E-state index in [0.29, 0.717) is 31.0 Å². The van der Waals surface area contributed by atoms with Crippen LogP contribution in [-0.4, -0.2) is 38.7 Å². The predicted molar refractivity (Wildman–Crippen MR) is 76.3 cm³/mol. The first-order chi connectivity index (χ1) is 10.1. The van der Waals surface area contributed by atoms with Crippen LogP contribution in [0.4, 0.5) is 4.79 Å². The van der Waals surface area contributed by atoms with Gasteiger partial charge in [-0.1, -0.05) is 6.07 Å². The Hall–Kier alpha value is -2.44. The Morgan fingerprint density at radius 2 is 2.10 bits per heavy atom. The van der Waals surface area contributed by atoms with Crippen molar-refractivity contribution in [3.8, 4) is 11.5 Å². The molecule has 0 bridgehead atoms. The second kappa shape index (κ2) is 6.83. The molecule has 114 valence electrons. The van der Waals surface area contributed by atoms with Crippen LogP contribution in [-0.2, 0) is 11.3 Å². The van der Waals surface area contributed by atoms with Gasteiger partial charge in [0.2, 0.25) is 5.91 Å². The number of rotatable bonds is 5. The molecular weight excluding hydrogens is 274 g/mol. The maximum atomic E-state index is 11.7. The summed E-state index contributed by atoms with van der Waals surface area (Å²) in [5.41, 5.74) is 0.892. The number of benzene rings is 1. The van der Waals surface area contributed by atoms with E-state index in [1.165, 1.54) is 0 Å². The predicted octanol–water partition coefficient (Wildman–Crippen LogP) is 0.392. The number of nitrogens with one attached hydrogen (secondary N) is 3. The van der Waals surface area contributed by atoms with Crippen LogP contribution in [0.5, 0.6) is 11.5 Å². The van der Waals surface area contributed by atoms with E-state index >= 15 is 0 Å². The molecule has 21 heavy (non-hydrogen) atoms. The van der Waals surface area contributed by atoms with Crippen LogP contribution >= 0.6 is 0 Å². The molecule has 3 N–H and O–H groups in total. The minimum Gasteiger partial charge on any atom is -0.493 e. The Morgan fingerprint density at radius 1 is 1.33 bits per heavy atom. The molecule has 1 aliphatic heterocycles. The van der Waals surface area contributed by atoms with Crippen molar-refractivity contribution in [2.75, 3.05) is 20.8 Å². The van der Waals surface area contributed by atoms with Gasteiger partial charge in [-0.3, -0.25) is 4.79 Å². The number of methoxy groups -OCH3 is 2. The molecule has 7 nitrogen and oxygen atoms in total. The maximum Gasteiger partial charge on any atom is 0.315 e. The van der Waals surface area contributed by atoms with Gasteiger partial charge in [-0.2, -0.15) is 0 Å². The van der Waals surface area contributed by atoms with Gasteiger partial charge in [0.15, 0.2) is 11.5 Å². The fraction of sp³-hybridized carbons (Fsp3) is 0.429. The Balaban J connectivity index is 1.84. The van der Waals surface area contributed by atoms with Crippen LogP contribution in [0.1, 0.15) is 12.0 Å². The largest absolute Gasteiger partial charge is 0.493 e. The van der Waals surface area contributed by atoms with Crippen LogP contribution in [0, 0.1) is 0 Å². The first-order valence-corrected chi connectivity index (χ1v) is 6.64. The molecule has 0 saturated carbocycles. The number of hydrogen-bond acceptors (Lipinski definition) is 4. The highest BCUT2D eigenvalue weighted by Gasteiger charge is 2.22. The van der Waals surface area contributed by atoms with Gasteiger partial charge < -0.3 is 25.4 Å². The monoisotopic (exact) mass is 293 g/mol. The van der Waals surface area contributed by atoms with E-state index in [1.807, 2.05) is 6.07 Å².